The summed E-state index contributed by atoms with van der Waals surface area (Å²) in [4.78, 5) is 37.0. The number of anilines is 1. The van der Waals surface area contributed by atoms with Crippen molar-refractivity contribution in [1.82, 2.24) is 9.78 Å². The fourth-order valence-electron chi connectivity index (χ4n) is 3.30. The highest BCUT2D eigenvalue weighted by molar-refractivity contribution is 5.99. The molecule has 0 bridgehead atoms. The van der Waals surface area contributed by atoms with Crippen molar-refractivity contribution < 1.29 is 19.2 Å². The van der Waals surface area contributed by atoms with Crippen LogP contribution in [0.4, 0.5) is 11.4 Å². The first-order valence-corrected chi connectivity index (χ1v) is 8.56. The van der Waals surface area contributed by atoms with Crippen molar-refractivity contribution in [3.05, 3.63) is 51.3 Å². The molecule has 1 aromatic heterocycles. The minimum Gasteiger partial charge on any atom is -0.451 e. The average molecular weight is 372 g/mol. The molecule has 1 aliphatic heterocycles. The molecule has 0 fully saturated rings. The Hall–Kier alpha value is -3.23. The van der Waals surface area contributed by atoms with Crippen molar-refractivity contribution in [3.63, 3.8) is 0 Å². The van der Waals surface area contributed by atoms with Crippen LogP contribution in [0.1, 0.15) is 23.9 Å². The van der Waals surface area contributed by atoms with E-state index in [0.29, 0.717) is 6.54 Å². The molecular formula is C18H20N4O5. The van der Waals surface area contributed by atoms with E-state index in [4.69, 9.17) is 4.74 Å². The van der Waals surface area contributed by atoms with Crippen LogP contribution < -0.4 is 4.90 Å². The summed E-state index contributed by atoms with van der Waals surface area (Å²) in [5, 5.41) is 15.1. The van der Waals surface area contributed by atoms with Crippen LogP contribution in [0.25, 0.3) is 0 Å². The van der Waals surface area contributed by atoms with Crippen LogP contribution in [0, 0.1) is 24.0 Å². The smallest absolute Gasteiger partial charge is 0.328 e. The van der Waals surface area contributed by atoms with Crippen molar-refractivity contribution in [2.24, 2.45) is 0 Å². The predicted octanol–water partition coefficient (Wildman–Crippen LogP) is 1.93. The van der Waals surface area contributed by atoms with Gasteiger partial charge < -0.3 is 9.64 Å². The highest BCUT2D eigenvalue weighted by Gasteiger charge is 2.30. The van der Waals surface area contributed by atoms with Crippen molar-refractivity contribution in [3.8, 4) is 0 Å². The minimum atomic E-state index is -0.962. The van der Waals surface area contributed by atoms with Gasteiger partial charge in [-0.25, -0.2) is 0 Å². The van der Waals surface area contributed by atoms with Crippen LogP contribution in [-0.4, -0.2) is 39.2 Å². The summed E-state index contributed by atoms with van der Waals surface area (Å²) < 4.78 is 6.47. The molecule has 2 heterocycles. The molecule has 1 atom stereocenters. The van der Waals surface area contributed by atoms with Crippen molar-refractivity contribution in [2.45, 2.75) is 39.8 Å². The summed E-state index contributed by atoms with van der Waals surface area (Å²) in [6.07, 6.45) is -0.200. The fourth-order valence-corrected chi connectivity index (χ4v) is 3.30. The molecule has 1 aromatic carbocycles. The number of nitro groups is 1. The minimum absolute atomic E-state index is 0.124. The summed E-state index contributed by atoms with van der Waals surface area (Å²) in [6, 6.07) is 7.61. The second kappa shape index (κ2) is 7.18. The zero-order chi connectivity index (χ0) is 19.7. The lowest BCUT2D eigenvalue weighted by molar-refractivity contribution is -0.386. The maximum Gasteiger partial charge on any atom is 0.328 e. The van der Waals surface area contributed by atoms with Gasteiger partial charge in [0.05, 0.1) is 4.92 Å². The van der Waals surface area contributed by atoms with Crippen molar-refractivity contribution in [1.29, 1.82) is 0 Å². The number of aromatic nitrogens is 2. The second-order valence-electron chi connectivity index (χ2n) is 6.43. The molecule has 9 heteroatoms. The number of rotatable bonds is 5. The lowest BCUT2D eigenvalue weighted by Gasteiger charge is -2.21. The van der Waals surface area contributed by atoms with E-state index in [2.05, 4.69) is 5.10 Å². The Morgan fingerprint density at radius 2 is 2.04 bits per heavy atom. The molecule has 0 radical (unpaired) electrons. The molecule has 3 rings (SSSR count). The molecule has 1 amide bonds. The first-order valence-electron chi connectivity index (χ1n) is 8.56. The van der Waals surface area contributed by atoms with Crippen LogP contribution in [-0.2, 0) is 27.3 Å². The first-order chi connectivity index (χ1) is 12.8. The van der Waals surface area contributed by atoms with E-state index < -0.39 is 17.0 Å². The monoisotopic (exact) mass is 372 g/mol. The summed E-state index contributed by atoms with van der Waals surface area (Å²) in [6.45, 7) is 4.79. The Labute approximate surface area is 155 Å². The maximum atomic E-state index is 12.6. The SMILES string of the molecule is Cc1nn(CC(=O)O[C@@H](C)C(=O)N2CCc3ccccc32)c(C)c1[N+](=O)[O-]. The van der Waals surface area contributed by atoms with E-state index in [1.54, 1.807) is 4.90 Å². The summed E-state index contributed by atoms with van der Waals surface area (Å²) in [5.74, 6) is -0.975. The number of carbonyl (C=O) groups is 2. The largest absolute Gasteiger partial charge is 0.451 e. The van der Waals surface area contributed by atoms with Crippen molar-refractivity contribution in [2.75, 3.05) is 11.4 Å². The van der Waals surface area contributed by atoms with Gasteiger partial charge in [0, 0.05) is 12.2 Å². The fraction of sp³-hybridized carbons (Fsp3) is 0.389. The Morgan fingerprint density at radius 3 is 2.70 bits per heavy atom. The van der Waals surface area contributed by atoms with Gasteiger partial charge in [0.15, 0.2) is 6.10 Å². The number of hydrogen-bond donors (Lipinski definition) is 0. The van der Waals surface area contributed by atoms with Gasteiger partial charge in [-0.1, -0.05) is 18.2 Å². The molecule has 142 valence electrons. The van der Waals surface area contributed by atoms with Crippen LogP contribution in [0.15, 0.2) is 24.3 Å². The summed E-state index contributed by atoms with van der Waals surface area (Å²) in [7, 11) is 0. The number of ether oxygens (including phenoxy) is 1. The number of fused-ring (bicyclic) bond motifs is 1. The first kappa shape index (κ1) is 18.6. The Bertz CT molecular complexity index is 920. The predicted molar refractivity (Wildman–Crippen MR) is 96.4 cm³/mol. The lowest BCUT2D eigenvalue weighted by Crippen LogP contribution is -2.39. The standard InChI is InChI=1S/C18H20N4O5/c1-11-17(22(25)26)12(2)21(19-11)10-16(23)27-13(3)18(24)20-9-8-14-6-4-5-7-15(14)20/h4-7,13H,8-10H2,1-3H3/t13-/m0/s1. The topological polar surface area (TPSA) is 108 Å². The third-order valence-electron chi connectivity index (χ3n) is 4.61. The summed E-state index contributed by atoms with van der Waals surface area (Å²) in [5.41, 5.74) is 2.28. The number of carbonyl (C=O) groups excluding carboxylic acids is 2. The second-order valence-corrected chi connectivity index (χ2v) is 6.43. The highest BCUT2D eigenvalue weighted by atomic mass is 16.6. The number of para-hydroxylation sites is 1. The maximum absolute atomic E-state index is 12.6. The number of nitrogens with zero attached hydrogens (tertiary/aromatic N) is 4. The van der Waals surface area contributed by atoms with Gasteiger partial charge in [-0.3, -0.25) is 24.4 Å². The van der Waals surface area contributed by atoms with Gasteiger partial charge in [-0.2, -0.15) is 5.10 Å². The van der Waals surface area contributed by atoms with Crippen LogP contribution in [0.5, 0.6) is 0 Å². The van der Waals surface area contributed by atoms with Gasteiger partial charge in [0.25, 0.3) is 5.91 Å². The van der Waals surface area contributed by atoms with E-state index in [0.717, 1.165) is 17.7 Å². The van der Waals surface area contributed by atoms with E-state index in [1.165, 1.54) is 25.5 Å². The average Bonchev–Trinajstić information content (AvgIpc) is 3.15. The van der Waals surface area contributed by atoms with Gasteiger partial charge in [-0.05, 0) is 38.8 Å². The molecule has 27 heavy (non-hydrogen) atoms. The van der Waals surface area contributed by atoms with Gasteiger partial charge >= 0.3 is 11.7 Å². The number of esters is 1. The van der Waals surface area contributed by atoms with Crippen LogP contribution in [0.3, 0.4) is 0 Å². The van der Waals surface area contributed by atoms with Gasteiger partial charge in [0.1, 0.15) is 17.9 Å². The molecule has 0 saturated heterocycles. The van der Waals surface area contributed by atoms with E-state index in [1.807, 2.05) is 24.3 Å². The molecule has 0 spiro atoms. The highest BCUT2D eigenvalue weighted by Crippen LogP contribution is 2.28. The molecule has 9 nitrogen and oxygen atoms in total. The molecule has 1 aliphatic rings. The zero-order valence-electron chi connectivity index (χ0n) is 15.3. The molecule has 0 aliphatic carbocycles. The number of hydrogen-bond acceptors (Lipinski definition) is 6. The molecule has 2 aromatic rings. The van der Waals surface area contributed by atoms with E-state index >= 15 is 0 Å². The Morgan fingerprint density at radius 1 is 1.33 bits per heavy atom. The zero-order valence-corrected chi connectivity index (χ0v) is 15.3. The Kier molecular flexibility index (Phi) is 4.93. The number of aryl methyl sites for hydroxylation is 1. The van der Waals surface area contributed by atoms with Gasteiger partial charge in [0.2, 0.25) is 0 Å². The van der Waals surface area contributed by atoms with E-state index in [-0.39, 0.29) is 29.5 Å². The number of benzene rings is 1. The Balaban J connectivity index is 1.66. The molecular weight excluding hydrogens is 352 g/mol. The third kappa shape index (κ3) is 3.53. The normalized spacial score (nSPS) is 14.0. The molecule has 0 unspecified atom stereocenters. The van der Waals surface area contributed by atoms with Crippen LogP contribution in [0.2, 0.25) is 0 Å². The summed E-state index contributed by atoms with van der Waals surface area (Å²) >= 11 is 0. The molecule has 0 N–H and O–H groups in total. The number of amides is 1. The van der Waals surface area contributed by atoms with Gasteiger partial charge in [-0.15, -0.1) is 0 Å². The van der Waals surface area contributed by atoms with Crippen LogP contribution >= 0.6 is 0 Å². The molecule has 0 saturated carbocycles. The lowest BCUT2D eigenvalue weighted by atomic mass is 10.2. The van der Waals surface area contributed by atoms with Crippen molar-refractivity contribution >= 4 is 23.3 Å². The quantitative estimate of drug-likeness (QED) is 0.451. The third-order valence-corrected chi connectivity index (χ3v) is 4.61. The van der Waals surface area contributed by atoms with E-state index in [9.17, 15) is 19.7 Å².